The molecule has 0 aromatic carbocycles. The highest BCUT2D eigenvalue weighted by Gasteiger charge is 2.20. The van der Waals surface area contributed by atoms with Crippen molar-refractivity contribution in [3.8, 4) is 0 Å². The molecule has 2 heterocycles. The number of amides is 1. The molecule has 4 heteroatoms. The van der Waals surface area contributed by atoms with Gasteiger partial charge in [-0.05, 0) is 25.0 Å². The minimum Gasteiger partial charge on any atom is -0.340 e. The summed E-state index contributed by atoms with van der Waals surface area (Å²) in [4.78, 5) is 14.4. The van der Waals surface area contributed by atoms with E-state index >= 15 is 0 Å². The Balaban J connectivity index is 1.60. The first kappa shape index (κ1) is 14.9. The van der Waals surface area contributed by atoms with Crippen LogP contribution in [0.1, 0.15) is 25.7 Å². The number of hydrogen-bond donors (Lipinski definition) is 1. The monoisotopic (exact) mass is 304 g/mol. The van der Waals surface area contributed by atoms with Gasteiger partial charge in [-0.1, -0.05) is 35.5 Å². The molecule has 3 aliphatic rings. The number of thioether (sulfide) groups is 1. The minimum absolute atomic E-state index is 0.308. The highest BCUT2D eigenvalue weighted by atomic mass is 32.2. The zero-order chi connectivity index (χ0) is 14.5. The molecule has 1 saturated heterocycles. The summed E-state index contributed by atoms with van der Waals surface area (Å²) in [5.41, 5.74) is 2.86. The van der Waals surface area contributed by atoms with E-state index in [0.717, 1.165) is 44.8 Å². The smallest absolute Gasteiger partial charge is 0.226 e. The molecule has 0 aromatic heterocycles. The van der Waals surface area contributed by atoms with Gasteiger partial charge in [0.1, 0.15) is 0 Å². The summed E-state index contributed by atoms with van der Waals surface area (Å²) in [5, 5.41) is 3.96. The second-order valence-corrected chi connectivity index (χ2v) is 7.20. The Labute approximate surface area is 131 Å². The standard InChI is InChI=1S/C17H24N2OS/c20-17(19-10-8-18-9-11-19)13-14-5-6-15-3-1-2-4-16(15)21-12-7-14/h1-3,5,16,18H,4,6-13H2/b14-5+. The molecule has 21 heavy (non-hydrogen) atoms. The summed E-state index contributed by atoms with van der Waals surface area (Å²) in [6.45, 7) is 3.58. The van der Waals surface area contributed by atoms with Crippen LogP contribution in [-0.4, -0.2) is 48.0 Å². The van der Waals surface area contributed by atoms with Crippen molar-refractivity contribution in [2.75, 3.05) is 31.9 Å². The average Bonchev–Trinajstić information content (AvgIpc) is 2.51. The molecule has 1 N–H and O–H groups in total. The van der Waals surface area contributed by atoms with Crippen molar-refractivity contribution < 1.29 is 4.79 Å². The number of piperazine rings is 1. The van der Waals surface area contributed by atoms with Gasteiger partial charge in [-0.25, -0.2) is 0 Å². The van der Waals surface area contributed by atoms with E-state index in [0.29, 0.717) is 17.6 Å². The topological polar surface area (TPSA) is 32.3 Å². The molecule has 0 spiro atoms. The van der Waals surface area contributed by atoms with E-state index in [9.17, 15) is 4.79 Å². The van der Waals surface area contributed by atoms with Gasteiger partial charge in [0.05, 0.1) is 0 Å². The quantitative estimate of drug-likeness (QED) is 0.796. The number of rotatable bonds is 2. The first-order chi connectivity index (χ1) is 10.3. The van der Waals surface area contributed by atoms with Crippen molar-refractivity contribution in [1.82, 2.24) is 10.2 Å². The maximum atomic E-state index is 12.4. The van der Waals surface area contributed by atoms with Crippen molar-refractivity contribution in [2.24, 2.45) is 0 Å². The lowest BCUT2D eigenvalue weighted by molar-refractivity contribution is -0.131. The molecule has 1 atom stereocenters. The van der Waals surface area contributed by atoms with Gasteiger partial charge in [-0.15, -0.1) is 0 Å². The molecule has 3 nitrogen and oxygen atoms in total. The van der Waals surface area contributed by atoms with E-state index in [1.807, 2.05) is 4.90 Å². The Morgan fingerprint density at radius 2 is 2.24 bits per heavy atom. The second kappa shape index (κ2) is 7.32. The van der Waals surface area contributed by atoms with E-state index < -0.39 is 0 Å². The third-order valence-corrected chi connectivity index (χ3v) is 5.76. The minimum atomic E-state index is 0.308. The fourth-order valence-electron chi connectivity index (χ4n) is 3.10. The van der Waals surface area contributed by atoms with Crippen LogP contribution in [0, 0.1) is 0 Å². The predicted molar refractivity (Wildman–Crippen MR) is 89.5 cm³/mol. The van der Waals surface area contributed by atoms with E-state index in [2.05, 4.69) is 41.4 Å². The van der Waals surface area contributed by atoms with Gasteiger partial charge in [0.15, 0.2) is 0 Å². The number of allylic oxidation sites excluding steroid dienone is 4. The number of fused-ring (bicyclic) bond motifs is 1. The first-order valence-corrected chi connectivity index (χ1v) is 9.01. The zero-order valence-corrected chi connectivity index (χ0v) is 13.3. The third-order valence-electron chi connectivity index (χ3n) is 4.43. The SMILES string of the molecule is O=C(C/C1=C/CC2=CC=CCC2SCC1)N1CCNCC1. The summed E-state index contributed by atoms with van der Waals surface area (Å²) in [6, 6.07) is 0. The van der Waals surface area contributed by atoms with Gasteiger partial charge in [0.25, 0.3) is 0 Å². The van der Waals surface area contributed by atoms with Crippen molar-refractivity contribution in [3.05, 3.63) is 35.5 Å². The number of hydrogen-bond acceptors (Lipinski definition) is 3. The van der Waals surface area contributed by atoms with Gasteiger partial charge in [-0.2, -0.15) is 11.8 Å². The molecule has 0 bridgehead atoms. The fourth-order valence-corrected chi connectivity index (χ4v) is 4.41. The Morgan fingerprint density at radius 1 is 1.38 bits per heavy atom. The van der Waals surface area contributed by atoms with Crippen LogP contribution in [0.2, 0.25) is 0 Å². The van der Waals surface area contributed by atoms with E-state index in [-0.39, 0.29) is 0 Å². The van der Waals surface area contributed by atoms with E-state index in [1.54, 1.807) is 0 Å². The van der Waals surface area contributed by atoms with Crippen molar-refractivity contribution >= 4 is 17.7 Å². The average molecular weight is 304 g/mol. The Morgan fingerprint density at radius 3 is 3.10 bits per heavy atom. The van der Waals surface area contributed by atoms with Crippen LogP contribution in [0.4, 0.5) is 0 Å². The summed E-state index contributed by atoms with van der Waals surface area (Å²) in [5.74, 6) is 1.44. The zero-order valence-electron chi connectivity index (χ0n) is 12.5. The van der Waals surface area contributed by atoms with Crippen LogP contribution in [-0.2, 0) is 4.79 Å². The number of nitrogens with zero attached hydrogens (tertiary/aromatic N) is 1. The Kier molecular flexibility index (Phi) is 5.20. The molecule has 0 aromatic rings. The molecule has 0 radical (unpaired) electrons. The van der Waals surface area contributed by atoms with Crippen molar-refractivity contribution in [3.63, 3.8) is 0 Å². The summed E-state index contributed by atoms with van der Waals surface area (Å²) in [6.07, 6.45) is 12.9. The molecule has 1 fully saturated rings. The molecule has 2 aliphatic heterocycles. The van der Waals surface area contributed by atoms with Gasteiger partial charge in [0, 0.05) is 37.8 Å². The van der Waals surface area contributed by atoms with Gasteiger partial charge >= 0.3 is 0 Å². The van der Waals surface area contributed by atoms with Gasteiger partial charge in [-0.3, -0.25) is 4.79 Å². The van der Waals surface area contributed by atoms with Crippen LogP contribution >= 0.6 is 11.8 Å². The highest BCUT2D eigenvalue weighted by Crippen LogP contribution is 2.33. The van der Waals surface area contributed by atoms with E-state index in [4.69, 9.17) is 0 Å². The third kappa shape index (κ3) is 4.01. The lowest BCUT2D eigenvalue weighted by Crippen LogP contribution is -2.46. The number of nitrogens with one attached hydrogen (secondary N) is 1. The van der Waals surface area contributed by atoms with Crippen molar-refractivity contribution in [1.29, 1.82) is 0 Å². The van der Waals surface area contributed by atoms with E-state index in [1.165, 1.54) is 17.6 Å². The summed E-state index contributed by atoms with van der Waals surface area (Å²) >= 11 is 2.05. The van der Waals surface area contributed by atoms with Crippen LogP contribution in [0.5, 0.6) is 0 Å². The number of carbonyl (C=O) groups is 1. The summed E-state index contributed by atoms with van der Waals surface area (Å²) < 4.78 is 0. The molecule has 1 unspecified atom stereocenters. The molecular weight excluding hydrogens is 280 g/mol. The van der Waals surface area contributed by atoms with Crippen LogP contribution in [0.15, 0.2) is 35.5 Å². The Bertz CT molecular complexity index is 475. The fraction of sp³-hybridized carbons (Fsp3) is 0.588. The first-order valence-electron chi connectivity index (χ1n) is 7.96. The van der Waals surface area contributed by atoms with Gasteiger partial charge in [0.2, 0.25) is 5.91 Å². The maximum Gasteiger partial charge on any atom is 0.226 e. The van der Waals surface area contributed by atoms with Crippen LogP contribution in [0.25, 0.3) is 0 Å². The molecule has 0 saturated carbocycles. The number of carbonyl (C=O) groups excluding carboxylic acids is 1. The summed E-state index contributed by atoms with van der Waals surface area (Å²) in [7, 11) is 0. The normalized spacial score (nSPS) is 28.8. The molecule has 3 rings (SSSR count). The molecule has 114 valence electrons. The lowest BCUT2D eigenvalue weighted by Gasteiger charge is -2.28. The predicted octanol–water partition coefficient (Wildman–Crippen LogP) is 2.52. The molecule has 1 amide bonds. The van der Waals surface area contributed by atoms with Crippen molar-refractivity contribution in [2.45, 2.75) is 30.9 Å². The molecular formula is C17H24N2OS. The maximum absolute atomic E-state index is 12.4. The second-order valence-electron chi connectivity index (χ2n) is 5.89. The van der Waals surface area contributed by atoms with Crippen LogP contribution < -0.4 is 5.32 Å². The Hall–Kier alpha value is -1.00. The molecule has 1 aliphatic carbocycles. The largest absolute Gasteiger partial charge is 0.340 e. The highest BCUT2D eigenvalue weighted by molar-refractivity contribution is 8.00. The lowest BCUT2D eigenvalue weighted by atomic mass is 9.98. The van der Waals surface area contributed by atoms with Crippen LogP contribution in [0.3, 0.4) is 0 Å². The van der Waals surface area contributed by atoms with Gasteiger partial charge < -0.3 is 10.2 Å².